The number of rotatable bonds is 4. The number of hydrogen-bond acceptors (Lipinski definition) is 5. The van der Waals surface area contributed by atoms with Crippen molar-refractivity contribution in [1.82, 2.24) is 0 Å². The van der Waals surface area contributed by atoms with Crippen molar-refractivity contribution in [2.75, 3.05) is 19.5 Å². The maximum absolute atomic E-state index is 11.1. The number of nitrogens with two attached hydrogens (primary N) is 1. The van der Waals surface area contributed by atoms with Crippen LogP contribution in [-0.4, -0.2) is 31.8 Å². The average molecular weight is 247 g/mol. The molecule has 0 aliphatic heterocycles. The van der Waals surface area contributed by atoms with E-state index < -0.39 is 15.4 Å². The Balaban J connectivity index is 3.27. The molecule has 90 valence electrons. The minimum absolute atomic E-state index is 0.0813. The summed E-state index contributed by atoms with van der Waals surface area (Å²) in [6.45, 7) is -0.244. The largest absolute Gasteiger partial charge is 0.506 e. The van der Waals surface area contributed by atoms with E-state index in [1.54, 1.807) is 0 Å². The summed E-state index contributed by atoms with van der Waals surface area (Å²) in [6, 6.07) is 4.17. The lowest BCUT2D eigenvalue weighted by atomic mass is 10.1. The molecule has 1 atom stereocenters. The number of phenols is 1. The molecule has 0 saturated carbocycles. The first-order chi connectivity index (χ1) is 7.38. The zero-order chi connectivity index (χ0) is 12.3. The van der Waals surface area contributed by atoms with Crippen LogP contribution in [0, 0.1) is 0 Å². The molecule has 0 spiro atoms. The number of hydrogen-bond donors (Lipinski definition) is 3. The van der Waals surface area contributed by atoms with Crippen molar-refractivity contribution in [2.45, 2.75) is 5.25 Å². The van der Waals surface area contributed by atoms with Gasteiger partial charge in [-0.05, 0) is 6.07 Å². The van der Waals surface area contributed by atoms with E-state index in [2.05, 4.69) is 0 Å². The van der Waals surface area contributed by atoms with Crippen LogP contribution in [0.25, 0.3) is 0 Å². The molecule has 16 heavy (non-hydrogen) atoms. The highest BCUT2D eigenvalue weighted by molar-refractivity contribution is 7.86. The molecule has 0 aliphatic carbocycles. The van der Waals surface area contributed by atoms with Crippen molar-refractivity contribution in [2.24, 2.45) is 0 Å². The number of benzene rings is 1. The molecule has 1 unspecified atom stereocenters. The summed E-state index contributed by atoms with van der Waals surface area (Å²) in [5.41, 5.74) is 5.56. The fourth-order valence-corrected chi connectivity index (χ4v) is 2.17. The van der Waals surface area contributed by atoms with Crippen LogP contribution < -0.4 is 5.73 Å². The summed E-state index contributed by atoms with van der Waals surface area (Å²) in [4.78, 5) is 0. The second kappa shape index (κ2) is 4.69. The van der Waals surface area contributed by atoms with Crippen molar-refractivity contribution in [1.29, 1.82) is 0 Å². The van der Waals surface area contributed by atoms with Crippen LogP contribution in [0.15, 0.2) is 18.2 Å². The van der Waals surface area contributed by atoms with Crippen LogP contribution in [0.1, 0.15) is 10.8 Å². The summed E-state index contributed by atoms with van der Waals surface area (Å²) < 4.78 is 36.0. The Bertz CT molecular complexity index is 471. The normalized spacial score (nSPS) is 13.6. The maximum Gasteiger partial charge on any atom is 0.274 e. The topological polar surface area (TPSA) is 110 Å². The molecule has 0 amide bonds. The number of methoxy groups -OCH3 is 1. The van der Waals surface area contributed by atoms with Crippen molar-refractivity contribution in [3.63, 3.8) is 0 Å². The van der Waals surface area contributed by atoms with Crippen LogP contribution in [0.3, 0.4) is 0 Å². The predicted molar refractivity (Wildman–Crippen MR) is 58.7 cm³/mol. The summed E-state index contributed by atoms with van der Waals surface area (Å²) in [5.74, 6) is -0.234. The Morgan fingerprint density at radius 1 is 1.50 bits per heavy atom. The molecule has 0 saturated heterocycles. The van der Waals surface area contributed by atoms with Crippen LogP contribution >= 0.6 is 0 Å². The summed E-state index contributed by atoms with van der Waals surface area (Å²) in [6.07, 6.45) is 0. The van der Waals surface area contributed by atoms with Gasteiger partial charge in [0.1, 0.15) is 11.0 Å². The molecular formula is C9H13NO5S. The van der Waals surface area contributed by atoms with Crippen molar-refractivity contribution in [3.8, 4) is 5.75 Å². The van der Waals surface area contributed by atoms with E-state index in [9.17, 15) is 13.5 Å². The average Bonchev–Trinajstić information content (AvgIpc) is 2.18. The summed E-state index contributed by atoms with van der Waals surface area (Å²) in [5, 5.41) is 8.04. The molecule has 7 heteroatoms. The Kier molecular flexibility index (Phi) is 3.74. The van der Waals surface area contributed by atoms with E-state index in [4.69, 9.17) is 15.0 Å². The SMILES string of the molecule is COCC(c1cccc(O)c1N)S(=O)(=O)O. The van der Waals surface area contributed by atoms with Crippen molar-refractivity contribution in [3.05, 3.63) is 23.8 Å². The molecule has 0 heterocycles. The highest BCUT2D eigenvalue weighted by atomic mass is 32.2. The molecule has 0 bridgehead atoms. The molecule has 0 aliphatic rings. The van der Waals surface area contributed by atoms with Gasteiger partial charge in [0.05, 0.1) is 12.3 Å². The smallest absolute Gasteiger partial charge is 0.274 e. The third-order valence-electron chi connectivity index (χ3n) is 2.14. The van der Waals surface area contributed by atoms with Gasteiger partial charge in [-0.3, -0.25) is 4.55 Å². The van der Waals surface area contributed by atoms with E-state index in [1.165, 1.54) is 25.3 Å². The molecule has 4 N–H and O–H groups in total. The van der Waals surface area contributed by atoms with Gasteiger partial charge in [-0.1, -0.05) is 12.1 Å². The first-order valence-electron chi connectivity index (χ1n) is 4.40. The molecule has 6 nitrogen and oxygen atoms in total. The van der Waals surface area contributed by atoms with Gasteiger partial charge >= 0.3 is 0 Å². The van der Waals surface area contributed by atoms with Gasteiger partial charge in [0.2, 0.25) is 0 Å². The molecule has 0 radical (unpaired) electrons. The molecular weight excluding hydrogens is 234 g/mol. The molecule has 0 fully saturated rings. The highest BCUT2D eigenvalue weighted by Crippen LogP contribution is 2.32. The Morgan fingerprint density at radius 3 is 2.62 bits per heavy atom. The van der Waals surface area contributed by atoms with E-state index in [0.29, 0.717) is 0 Å². The van der Waals surface area contributed by atoms with Gasteiger partial charge in [-0.2, -0.15) is 8.42 Å². The Hall–Kier alpha value is -1.31. The van der Waals surface area contributed by atoms with Gasteiger partial charge in [0.15, 0.2) is 0 Å². The minimum Gasteiger partial charge on any atom is -0.506 e. The quantitative estimate of drug-likeness (QED) is 0.407. The number of anilines is 1. The fraction of sp³-hybridized carbons (Fsp3) is 0.333. The maximum atomic E-state index is 11.1. The van der Waals surface area contributed by atoms with Gasteiger partial charge in [0, 0.05) is 12.7 Å². The van der Waals surface area contributed by atoms with Gasteiger partial charge in [-0.25, -0.2) is 0 Å². The van der Waals surface area contributed by atoms with Crippen LogP contribution in [0.4, 0.5) is 5.69 Å². The second-order valence-electron chi connectivity index (χ2n) is 3.24. The zero-order valence-corrected chi connectivity index (χ0v) is 9.44. The molecule has 1 rings (SSSR count). The van der Waals surface area contributed by atoms with Gasteiger partial charge in [0.25, 0.3) is 10.1 Å². The van der Waals surface area contributed by atoms with E-state index >= 15 is 0 Å². The molecule has 0 aromatic heterocycles. The number of para-hydroxylation sites is 1. The number of aromatic hydroxyl groups is 1. The number of ether oxygens (including phenoxy) is 1. The Morgan fingerprint density at radius 2 is 2.12 bits per heavy atom. The Labute approximate surface area is 93.4 Å². The first kappa shape index (κ1) is 12.8. The number of nitrogen functional groups attached to an aromatic ring is 1. The predicted octanol–water partition coefficient (Wildman–Crippen LogP) is 0.550. The fourth-order valence-electron chi connectivity index (χ4n) is 1.34. The standard InChI is InChI=1S/C9H13NO5S/c1-15-5-8(16(12,13)14)6-3-2-4-7(11)9(6)10/h2-4,8,11H,5,10H2,1H3,(H,12,13,14). The van der Waals surface area contributed by atoms with Crippen LogP contribution in [0.5, 0.6) is 5.75 Å². The van der Waals surface area contributed by atoms with Gasteiger partial charge in [-0.15, -0.1) is 0 Å². The third-order valence-corrected chi connectivity index (χ3v) is 3.25. The zero-order valence-electron chi connectivity index (χ0n) is 8.62. The van der Waals surface area contributed by atoms with E-state index in [-0.39, 0.29) is 23.6 Å². The molecule has 1 aromatic carbocycles. The third kappa shape index (κ3) is 2.63. The lowest BCUT2D eigenvalue weighted by molar-refractivity contribution is 0.194. The van der Waals surface area contributed by atoms with Crippen molar-refractivity contribution >= 4 is 15.8 Å². The van der Waals surface area contributed by atoms with Gasteiger partial charge < -0.3 is 15.6 Å². The lowest BCUT2D eigenvalue weighted by Crippen LogP contribution is -2.18. The van der Waals surface area contributed by atoms with Crippen LogP contribution in [0.2, 0.25) is 0 Å². The summed E-state index contributed by atoms with van der Waals surface area (Å²) in [7, 11) is -3.03. The number of phenolic OH excluding ortho intramolecular Hbond substituents is 1. The van der Waals surface area contributed by atoms with E-state index in [1.807, 2.05) is 0 Å². The highest BCUT2D eigenvalue weighted by Gasteiger charge is 2.27. The summed E-state index contributed by atoms with van der Waals surface area (Å²) >= 11 is 0. The van der Waals surface area contributed by atoms with Crippen molar-refractivity contribution < 1.29 is 22.8 Å². The van der Waals surface area contributed by atoms with Crippen LogP contribution in [-0.2, 0) is 14.9 Å². The first-order valence-corrected chi connectivity index (χ1v) is 5.90. The molecule has 1 aromatic rings. The second-order valence-corrected chi connectivity index (χ2v) is 4.84. The minimum atomic E-state index is -4.34. The monoisotopic (exact) mass is 247 g/mol. The van der Waals surface area contributed by atoms with E-state index in [0.717, 1.165) is 0 Å². The lowest BCUT2D eigenvalue weighted by Gasteiger charge is -2.15.